The molecule has 0 radical (unpaired) electrons. The van der Waals surface area contributed by atoms with Gasteiger partial charge in [-0.1, -0.05) is 59.6 Å². The monoisotopic (exact) mass is 320 g/mol. The standard InChI is InChI=1S/C17H18Cl2N2/c18-15-7-4-8-16(17(15)19)21-10-9-20-14(12-21)11-13-5-2-1-3-6-13/h1-8,14,20H,9-12H2. The molecule has 4 heteroatoms. The van der Waals surface area contributed by atoms with Crippen molar-refractivity contribution >= 4 is 28.9 Å². The smallest absolute Gasteiger partial charge is 0.0825 e. The van der Waals surface area contributed by atoms with E-state index in [-0.39, 0.29) is 0 Å². The minimum absolute atomic E-state index is 0.427. The molecule has 2 aromatic rings. The molecule has 1 aliphatic rings. The molecule has 1 fully saturated rings. The maximum atomic E-state index is 6.34. The van der Waals surface area contributed by atoms with E-state index in [1.165, 1.54) is 5.56 Å². The van der Waals surface area contributed by atoms with E-state index in [1.54, 1.807) is 0 Å². The van der Waals surface area contributed by atoms with Gasteiger partial charge in [0.25, 0.3) is 0 Å². The summed E-state index contributed by atoms with van der Waals surface area (Å²) >= 11 is 12.5. The average Bonchev–Trinajstić information content (AvgIpc) is 2.51. The zero-order valence-corrected chi connectivity index (χ0v) is 13.2. The Kier molecular flexibility index (Phi) is 4.69. The molecule has 1 atom stereocenters. The molecule has 3 rings (SSSR count). The van der Waals surface area contributed by atoms with Gasteiger partial charge >= 0.3 is 0 Å². The van der Waals surface area contributed by atoms with E-state index < -0.39 is 0 Å². The van der Waals surface area contributed by atoms with Crippen LogP contribution in [0.25, 0.3) is 0 Å². The molecule has 1 saturated heterocycles. The van der Waals surface area contributed by atoms with Crippen LogP contribution < -0.4 is 10.2 Å². The van der Waals surface area contributed by atoms with Crippen molar-refractivity contribution in [1.29, 1.82) is 0 Å². The maximum absolute atomic E-state index is 6.34. The van der Waals surface area contributed by atoms with Gasteiger partial charge in [-0.15, -0.1) is 0 Å². The Balaban J connectivity index is 1.72. The number of anilines is 1. The van der Waals surface area contributed by atoms with Gasteiger partial charge in [-0.05, 0) is 24.1 Å². The predicted octanol–water partition coefficient (Wildman–Crippen LogP) is 4.01. The summed E-state index contributed by atoms with van der Waals surface area (Å²) in [6, 6.07) is 16.8. The predicted molar refractivity (Wildman–Crippen MR) is 90.6 cm³/mol. The first-order valence-electron chi connectivity index (χ1n) is 7.20. The minimum atomic E-state index is 0.427. The van der Waals surface area contributed by atoms with Crippen molar-refractivity contribution < 1.29 is 0 Å². The van der Waals surface area contributed by atoms with Gasteiger partial charge in [0.05, 0.1) is 15.7 Å². The van der Waals surface area contributed by atoms with Crippen molar-refractivity contribution in [2.45, 2.75) is 12.5 Å². The van der Waals surface area contributed by atoms with Crippen molar-refractivity contribution in [1.82, 2.24) is 5.32 Å². The fourth-order valence-corrected chi connectivity index (χ4v) is 3.23. The molecular weight excluding hydrogens is 303 g/mol. The fraction of sp³-hybridized carbons (Fsp3) is 0.294. The SMILES string of the molecule is Clc1cccc(N2CCNC(Cc3ccccc3)C2)c1Cl. The number of hydrogen-bond donors (Lipinski definition) is 1. The van der Waals surface area contributed by atoms with Crippen LogP contribution in [0.5, 0.6) is 0 Å². The summed E-state index contributed by atoms with van der Waals surface area (Å²) < 4.78 is 0. The molecule has 2 aromatic carbocycles. The Morgan fingerprint density at radius 2 is 1.86 bits per heavy atom. The molecule has 0 spiro atoms. The van der Waals surface area contributed by atoms with Gasteiger partial charge in [-0.2, -0.15) is 0 Å². The molecule has 110 valence electrons. The van der Waals surface area contributed by atoms with E-state index in [4.69, 9.17) is 23.2 Å². The van der Waals surface area contributed by atoms with Crippen molar-refractivity contribution in [2.75, 3.05) is 24.5 Å². The van der Waals surface area contributed by atoms with E-state index in [0.717, 1.165) is 31.7 Å². The number of nitrogens with zero attached hydrogens (tertiary/aromatic N) is 1. The lowest BCUT2D eigenvalue weighted by molar-refractivity contribution is 0.455. The largest absolute Gasteiger partial charge is 0.367 e. The van der Waals surface area contributed by atoms with Crippen molar-refractivity contribution in [3.63, 3.8) is 0 Å². The summed E-state index contributed by atoms with van der Waals surface area (Å²) in [7, 11) is 0. The third-order valence-electron chi connectivity index (χ3n) is 3.85. The van der Waals surface area contributed by atoms with Crippen LogP contribution in [0.15, 0.2) is 48.5 Å². The second-order valence-electron chi connectivity index (χ2n) is 5.36. The third kappa shape index (κ3) is 3.52. The molecule has 1 N–H and O–H groups in total. The lowest BCUT2D eigenvalue weighted by Crippen LogP contribution is -2.51. The highest BCUT2D eigenvalue weighted by molar-refractivity contribution is 6.43. The van der Waals surface area contributed by atoms with Gasteiger partial charge in [0.1, 0.15) is 0 Å². The van der Waals surface area contributed by atoms with Crippen LogP contribution in [-0.2, 0) is 6.42 Å². The van der Waals surface area contributed by atoms with Gasteiger partial charge < -0.3 is 10.2 Å². The lowest BCUT2D eigenvalue weighted by atomic mass is 10.0. The summed E-state index contributed by atoms with van der Waals surface area (Å²) in [5.74, 6) is 0. The average molecular weight is 321 g/mol. The number of nitrogens with one attached hydrogen (secondary N) is 1. The number of rotatable bonds is 3. The normalized spacial score (nSPS) is 18.8. The second-order valence-corrected chi connectivity index (χ2v) is 6.14. The summed E-state index contributed by atoms with van der Waals surface area (Å²) in [6.45, 7) is 2.85. The molecule has 1 heterocycles. The van der Waals surface area contributed by atoms with Crippen LogP contribution >= 0.6 is 23.2 Å². The van der Waals surface area contributed by atoms with Crippen LogP contribution in [0.4, 0.5) is 5.69 Å². The fourth-order valence-electron chi connectivity index (χ4n) is 2.82. The van der Waals surface area contributed by atoms with Crippen LogP contribution in [-0.4, -0.2) is 25.7 Å². The Bertz CT molecular complexity index is 601. The highest BCUT2D eigenvalue weighted by Gasteiger charge is 2.21. The zero-order valence-electron chi connectivity index (χ0n) is 11.7. The third-order valence-corrected chi connectivity index (χ3v) is 4.66. The highest BCUT2D eigenvalue weighted by atomic mass is 35.5. The second kappa shape index (κ2) is 6.69. The zero-order chi connectivity index (χ0) is 14.7. The van der Waals surface area contributed by atoms with E-state index in [9.17, 15) is 0 Å². The van der Waals surface area contributed by atoms with Crippen LogP contribution in [0.2, 0.25) is 10.0 Å². The minimum Gasteiger partial charge on any atom is -0.367 e. The van der Waals surface area contributed by atoms with Crippen LogP contribution in [0.1, 0.15) is 5.56 Å². The molecule has 0 bridgehead atoms. The molecular formula is C17H18Cl2N2. The van der Waals surface area contributed by atoms with E-state index in [0.29, 0.717) is 16.1 Å². The molecule has 2 nitrogen and oxygen atoms in total. The Morgan fingerprint density at radius 1 is 1.05 bits per heavy atom. The van der Waals surface area contributed by atoms with Crippen molar-refractivity contribution in [3.8, 4) is 0 Å². The van der Waals surface area contributed by atoms with Crippen molar-refractivity contribution in [2.24, 2.45) is 0 Å². The van der Waals surface area contributed by atoms with Gasteiger partial charge in [-0.25, -0.2) is 0 Å². The Labute approximate surface area is 135 Å². The molecule has 0 amide bonds. The van der Waals surface area contributed by atoms with Crippen LogP contribution in [0.3, 0.4) is 0 Å². The number of piperazine rings is 1. The van der Waals surface area contributed by atoms with Gasteiger partial charge in [-0.3, -0.25) is 0 Å². The number of halogens is 2. The topological polar surface area (TPSA) is 15.3 Å². The van der Waals surface area contributed by atoms with Gasteiger partial charge in [0.2, 0.25) is 0 Å². The van der Waals surface area contributed by atoms with Gasteiger partial charge in [0.15, 0.2) is 0 Å². The molecule has 0 aromatic heterocycles. The molecule has 0 saturated carbocycles. The quantitative estimate of drug-likeness (QED) is 0.919. The molecule has 21 heavy (non-hydrogen) atoms. The highest BCUT2D eigenvalue weighted by Crippen LogP contribution is 2.32. The summed E-state index contributed by atoms with van der Waals surface area (Å²) in [5.41, 5.74) is 2.39. The maximum Gasteiger partial charge on any atom is 0.0825 e. The first kappa shape index (κ1) is 14.7. The summed E-state index contributed by atoms with van der Waals surface area (Å²) in [6.07, 6.45) is 1.02. The van der Waals surface area contributed by atoms with E-state index in [2.05, 4.69) is 40.5 Å². The van der Waals surface area contributed by atoms with E-state index >= 15 is 0 Å². The van der Waals surface area contributed by atoms with E-state index in [1.807, 2.05) is 18.2 Å². The molecule has 1 aliphatic heterocycles. The first-order chi connectivity index (χ1) is 10.2. The van der Waals surface area contributed by atoms with Crippen molar-refractivity contribution in [3.05, 3.63) is 64.1 Å². The Hall–Kier alpha value is -1.22. The van der Waals surface area contributed by atoms with Gasteiger partial charge in [0, 0.05) is 25.7 Å². The Morgan fingerprint density at radius 3 is 2.67 bits per heavy atom. The molecule has 1 unspecified atom stereocenters. The number of benzene rings is 2. The summed E-state index contributed by atoms with van der Waals surface area (Å²) in [4.78, 5) is 2.32. The first-order valence-corrected chi connectivity index (χ1v) is 7.96. The summed E-state index contributed by atoms with van der Waals surface area (Å²) in [5, 5.41) is 4.85. The number of hydrogen-bond acceptors (Lipinski definition) is 2. The molecule has 0 aliphatic carbocycles. The lowest BCUT2D eigenvalue weighted by Gasteiger charge is -2.36. The van der Waals surface area contributed by atoms with Crippen LogP contribution in [0, 0.1) is 0 Å².